The second-order valence-electron chi connectivity index (χ2n) is 4.59. The molecule has 100 valence electrons. The molecule has 0 aliphatic carbocycles. The van der Waals surface area contributed by atoms with Crippen LogP contribution < -0.4 is 5.32 Å². The summed E-state index contributed by atoms with van der Waals surface area (Å²) in [5.74, 6) is 0.654. The molecule has 0 fully saturated rings. The molecule has 0 radical (unpaired) electrons. The number of hydrogen-bond acceptors (Lipinski definition) is 3. The van der Waals surface area contributed by atoms with Crippen LogP contribution in [-0.2, 0) is 6.42 Å². The van der Waals surface area contributed by atoms with Gasteiger partial charge < -0.3 is 5.32 Å². The third-order valence-corrected chi connectivity index (χ3v) is 3.51. The molecule has 1 amide bonds. The molecule has 0 aliphatic heterocycles. The molecule has 1 aromatic rings. The molecule has 5 heteroatoms. The summed E-state index contributed by atoms with van der Waals surface area (Å²) in [7, 11) is 0. The van der Waals surface area contributed by atoms with Gasteiger partial charge in [-0.05, 0) is 32.3 Å². The van der Waals surface area contributed by atoms with Crippen molar-refractivity contribution in [3.05, 3.63) is 23.0 Å². The normalized spacial score (nSPS) is 14.1. The van der Waals surface area contributed by atoms with Gasteiger partial charge in [-0.1, -0.05) is 13.8 Å². The van der Waals surface area contributed by atoms with E-state index >= 15 is 0 Å². The maximum atomic E-state index is 12.2. The van der Waals surface area contributed by atoms with Crippen molar-refractivity contribution in [1.82, 2.24) is 15.5 Å². The summed E-state index contributed by atoms with van der Waals surface area (Å²) in [6.07, 6.45) is 0.690. The van der Waals surface area contributed by atoms with Crippen molar-refractivity contribution in [1.29, 1.82) is 0 Å². The molecule has 2 unspecified atom stereocenters. The number of hydrogen-bond donors (Lipinski definition) is 1. The lowest BCUT2D eigenvalue weighted by Crippen LogP contribution is -2.38. The van der Waals surface area contributed by atoms with Gasteiger partial charge in [-0.2, -0.15) is 10.2 Å². The van der Waals surface area contributed by atoms with Gasteiger partial charge in [0.25, 0.3) is 5.91 Å². The van der Waals surface area contributed by atoms with Gasteiger partial charge in [0.2, 0.25) is 0 Å². The minimum absolute atomic E-state index is 0.0353. The Bertz CT molecular complexity index is 423. The SMILES string of the molecule is CCc1nnc(C)cc1C(=O)NC(C)C(C)CCl. The molecule has 4 nitrogen and oxygen atoms in total. The van der Waals surface area contributed by atoms with Crippen molar-refractivity contribution in [2.45, 2.75) is 40.2 Å². The van der Waals surface area contributed by atoms with E-state index in [-0.39, 0.29) is 17.9 Å². The van der Waals surface area contributed by atoms with Crippen LogP contribution in [0.3, 0.4) is 0 Å². The molecule has 2 atom stereocenters. The Labute approximate surface area is 113 Å². The zero-order valence-electron chi connectivity index (χ0n) is 11.3. The zero-order chi connectivity index (χ0) is 13.7. The van der Waals surface area contributed by atoms with E-state index in [1.165, 1.54) is 0 Å². The molecule has 1 N–H and O–H groups in total. The van der Waals surface area contributed by atoms with Gasteiger partial charge in [0, 0.05) is 11.9 Å². The Balaban J connectivity index is 2.87. The first-order valence-electron chi connectivity index (χ1n) is 6.19. The second-order valence-corrected chi connectivity index (χ2v) is 4.90. The fraction of sp³-hybridized carbons (Fsp3) is 0.615. The third-order valence-electron chi connectivity index (χ3n) is 3.03. The Hall–Kier alpha value is -1.16. The molecular formula is C13H20ClN3O. The van der Waals surface area contributed by atoms with Crippen LogP contribution in [0.2, 0.25) is 0 Å². The zero-order valence-corrected chi connectivity index (χ0v) is 12.1. The smallest absolute Gasteiger partial charge is 0.253 e. The number of rotatable bonds is 5. The quantitative estimate of drug-likeness (QED) is 0.835. The molecule has 18 heavy (non-hydrogen) atoms. The van der Waals surface area contributed by atoms with Crippen LogP contribution in [0.4, 0.5) is 0 Å². The average Bonchev–Trinajstić information content (AvgIpc) is 2.37. The number of nitrogens with zero attached hydrogens (tertiary/aromatic N) is 2. The molecule has 1 heterocycles. The monoisotopic (exact) mass is 269 g/mol. The van der Waals surface area contributed by atoms with Gasteiger partial charge in [-0.3, -0.25) is 4.79 Å². The van der Waals surface area contributed by atoms with Crippen molar-refractivity contribution in [3.63, 3.8) is 0 Å². The van der Waals surface area contributed by atoms with Gasteiger partial charge in [0.05, 0.1) is 17.0 Å². The maximum absolute atomic E-state index is 12.2. The Morgan fingerprint density at radius 3 is 2.67 bits per heavy atom. The number of alkyl halides is 1. The third kappa shape index (κ3) is 3.67. The fourth-order valence-electron chi connectivity index (χ4n) is 1.53. The molecule has 0 bridgehead atoms. The first-order chi connectivity index (χ1) is 8.49. The highest BCUT2D eigenvalue weighted by atomic mass is 35.5. The average molecular weight is 270 g/mol. The van der Waals surface area contributed by atoms with E-state index in [2.05, 4.69) is 15.5 Å². The number of aromatic nitrogens is 2. The van der Waals surface area contributed by atoms with Crippen LogP contribution in [0.5, 0.6) is 0 Å². The van der Waals surface area contributed by atoms with Crippen LogP contribution in [0.15, 0.2) is 6.07 Å². The first kappa shape index (κ1) is 14.9. The predicted octanol–water partition coefficient (Wildman–Crippen LogP) is 2.34. The summed E-state index contributed by atoms with van der Waals surface area (Å²) < 4.78 is 0. The first-order valence-corrected chi connectivity index (χ1v) is 6.73. The summed E-state index contributed by atoms with van der Waals surface area (Å²) in [5.41, 5.74) is 2.08. The van der Waals surface area contributed by atoms with Gasteiger partial charge in [-0.15, -0.1) is 11.6 Å². The van der Waals surface area contributed by atoms with Gasteiger partial charge in [0.1, 0.15) is 0 Å². The van der Waals surface area contributed by atoms with Gasteiger partial charge >= 0.3 is 0 Å². The Morgan fingerprint density at radius 1 is 1.44 bits per heavy atom. The van der Waals surface area contributed by atoms with Crippen LogP contribution in [0.25, 0.3) is 0 Å². The lowest BCUT2D eigenvalue weighted by molar-refractivity contribution is 0.0929. The minimum Gasteiger partial charge on any atom is -0.349 e. The summed E-state index contributed by atoms with van der Waals surface area (Å²) in [6, 6.07) is 1.81. The highest BCUT2D eigenvalue weighted by Crippen LogP contribution is 2.10. The standard InChI is InChI=1S/C13H20ClN3O/c1-5-12-11(6-9(3)16-17-12)13(18)15-10(4)8(2)7-14/h6,8,10H,5,7H2,1-4H3,(H,15,18). The van der Waals surface area contributed by atoms with Gasteiger partial charge in [0.15, 0.2) is 0 Å². The largest absolute Gasteiger partial charge is 0.349 e. The predicted molar refractivity (Wildman–Crippen MR) is 73.0 cm³/mol. The lowest BCUT2D eigenvalue weighted by Gasteiger charge is -2.19. The number of carbonyl (C=O) groups is 1. The van der Waals surface area contributed by atoms with Crippen LogP contribution >= 0.6 is 11.6 Å². The lowest BCUT2D eigenvalue weighted by atomic mass is 10.0. The Kier molecular flexibility index (Phi) is 5.54. The molecule has 1 aromatic heterocycles. The maximum Gasteiger partial charge on any atom is 0.253 e. The topological polar surface area (TPSA) is 54.9 Å². The summed E-state index contributed by atoms with van der Waals surface area (Å²) >= 11 is 5.79. The van der Waals surface area contributed by atoms with E-state index in [9.17, 15) is 4.79 Å². The summed E-state index contributed by atoms with van der Waals surface area (Å²) in [5, 5.41) is 11.0. The van der Waals surface area contributed by atoms with E-state index in [1.807, 2.05) is 27.7 Å². The summed E-state index contributed by atoms with van der Waals surface area (Å²) in [4.78, 5) is 12.2. The van der Waals surface area contributed by atoms with Crippen LogP contribution in [0.1, 0.15) is 42.5 Å². The van der Waals surface area contributed by atoms with E-state index in [0.717, 1.165) is 11.4 Å². The van der Waals surface area contributed by atoms with Crippen molar-refractivity contribution in [2.75, 3.05) is 5.88 Å². The highest BCUT2D eigenvalue weighted by Gasteiger charge is 2.18. The number of nitrogens with one attached hydrogen (secondary N) is 1. The van der Waals surface area contributed by atoms with Crippen molar-refractivity contribution >= 4 is 17.5 Å². The molecular weight excluding hydrogens is 250 g/mol. The van der Waals surface area contributed by atoms with Crippen molar-refractivity contribution in [2.24, 2.45) is 5.92 Å². The Morgan fingerprint density at radius 2 is 2.11 bits per heavy atom. The van der Waals surface area contributed by atoms with Crippen molar-refractivity contribution < 1.29 is 4.79 Å². The van der Waals surface area contributed by atoms with Crippen LogP contribution in [0, 0.1) is 12.8 Å². The number of carbonyl (C=O) groups excluding carboxylic acids is 1. The van der Waals surface area contributed by atoms with Gasteiger partial charge in [-0.25, -0.2) is 0 Å². The highest BCUT2D eigenvalue weighted by molar-refractivity contribution is 6.18. The molecule has 0 saturated heterocycles. The number of amides is 1. The molecule has 0 aromatic carbocycles. The minimum atomic E-state index is -0.102. The van der Waals surface area contributed by atoms with Crippen LogP contribution in [-0.4, -0.2) is 28.0 Å². The fourth-order valence-corrected chi connectivity index (χ4v) is 1.80. The number of aryl methyl sites for hydroxylation is 2. The molecule has 0 spiro atoms. The number of halogens is 1. The molecule has 0 saturated carbocycles. The van der Waals surface area contributed by atoms with Crippen molar-refractivity contribution in [3.8, 4) is 0 Å². The molecule has 0 aliphatic rings. The van der Waals surface area contributed by atoms with E-state index in [0.29, 0.717) is 17.9 Å². The second kappa shape index (κ2) is 6.69. The van der Waals surface area contributed by atoms with E-state index in [1.54, 1.807) is 6.07 Å². The molecule has 1 rings (SSSR count). The summed E-state index contributed by atoms with van der Waals surface area (Å²) in [6.45, 7) is 7.75. The van der Waals surface area contributed by atoms with E-state index < -0.39 is 0 Å². The van der Waals surface area contributed by atoms with E-state index in [4.69, 9.17) is 11.6 Å².